The lowest BCUT2D eigenvalue weighted by Crippen LogP contribution is -2.55. The standard InChI is InChI=1S/C15H27N3O3/c1-16(2)13-7-5-8-17(11-13)15(21)18-9-4-3-6-12(18)10-14(19)20/h12-13H,3-11H2,1-2H3,(H,19,20). The van der Waals surface area contributed by atoms with E-state index in [1.165, 1.54) is 0 Å². The second kappa shape index (κ2) is 7.11. The molecule has 6 heteroatoms. The summed E-state index contributed by atoms with van der Waals surface area (Å²) in [6, 6.07) is 0.307. The van der Waals surface area contributed by atoms with Gasteiger partial charge in [-0.05, 0) is 46.2 Å². The van der Waals surface area contributed by atoms with E-state index in [-0.39, 0.29) is 18.5 Å². The minimum absolute atomic E-state index is 0.0347. The predicted octanol–water partition coefficient (Wildman–Crippen LogP) is 1.46. The third kappa shape index (κ3) is 4.09. The van der Waals surface area contributed by atoms with Crippen LogP contribution in [0.4, 0.5) is 4.79 Å². The number of urea groups is 1. The van der Waals surface area contributed by atoms with Gasteiger partial charge in [-0.2, -0.15) is 0 Å². The van der Waals surface area contributed by atoms with Gasteiger partial charge in [0.1, 0.15) is 0 Å². The van der Waals surface area contributed by atoms with Gasteiger partial charge in [0, 0.05) is 31.7 Å². The van der Waals surface area contributed by atoms with Crippen molar-refractivity contribution in [2.24, 2.45) is 0 Å². The molecule has 1 N–H and O–H groups in total. The molecule has 2 unspecified atom stereocenters. The van der Waals surface area contributed by atoms with E-state index in [0.717, 1.165) is 45.2 Å². The second-order valence-electron chi connectivity index (χ2n) is 6.43. The molecule has 0 aliphatic carbocycles. The molecule has 2 fully saturated rings. The van der Waals surface area contributed by atoms with Gasteiger partial charge in [-0.15, -0.1) is 0 Å². The van der Waals surface area contributed by atoms with E-state index in [4.69, 9.17) is 5.11 Å². The van der Waals surface area contributed by atoms with Crippen LogP contribution in [-0.4, -0.2) is 77.6 Å². The molecule has 0 saturated carbocycles. The van der Waals surface area contributed by atoms with E-state index < -0.39 is 5.97 Å². The molecular weight excluding hydrogens is 270 g/mol. The fourth-order valence-corrected chi connectivity index (χ4v) is 3.40. The van der Waals surface area contributed by atoms with Gasteiger partial charge in [-0.1, -0.05) is 0 Å². The smallest absolute Gasteiger partial charge is 0.320 e. The number of likely N-dealkylation sites (tertiary alicyclic amines) is 2. The third-order valence-corrected chi connectivity index (χ3v) is 4.68. The summed E-state index contributed by atoms with van der Waals surface area (Å²) in [4.78, 5) is 29.6. The maximum absolute atomic E-state index is 12.8. The summed E-state index contributed by atoms with van der Waals surface area (Å²) >= 11 is 0. The predicted molar refractivity (Wildman–Crippen MR) is 80.3 cm³/mol. The summed E-state index contributed by atoms with van der Waals surface area (Å²) in [5, 5.41) is 9.03. The highest BCUT2D eigenvalue weighted by Crippen LogP contribution is 2.23. The maximum Gasteiger partial charge on any atom is 0.320 e. The van der Waals surface area contributed by atoms with E-state index in [1.54, 1.807) is 4.90 Å². The van der Waals surface area contributed by atoms with Gasteiger partial charge in [-0.3, -0.25) is 4.79 Å². The zero-order chi connectivity index (χ0) is 15.4. The largest absolute Gasteiger partial charge is 0.481 e. The number of carbonyl (C=O) groups is 2. The number of carbonyl (C=O) groups excluding carboxylic acids is 1. The van der Waals surface area contributed by atoms with E-state index >= 15 is 0 Å². The van der Waals surface area contributed by atoms with Crippen LogP contribution >= 0.6 is 0 Å². The van der Waals surface area contributed by atoms with Gasteiger partial charge >= 0.3 is 12.0 Å². The fraction of sp³-hybridized carbons (Fsp3) is 0.867. The zero-order valence-corrected chi connectivity index (χ0v) is 13.1. The van der Waals surface area contributed by atoms with Gasteiger partial charge in [0.2, 0.25) is 0 Å². The number of likely N-dealkylation sites (N-methyl/N-ethyl adjacent to an activating group) is 1. The number of aliphatic carboxylic acids is 1. The molecule has 2 aliphatic heterocycles. The van der Waals surface area contributed by atoms with E-state index in [9.17, 15) is 9.59 Å². The first-order valence-corrected chi connectivity index (χ1v) is 7.93. The normalized spacial score (nSPS) is 27.0. The lowest BCUT2D eigenvalue weighted by atomic mass is 9.99. The number of nitrogens with zero attached hydrogens (tertiary/aromatic N) is 3. The summed E-state index contributed by atoms with van der Waals surface area (Å²) in [6.45, 7) is 2.24. The van der Waals surface area contributed by atoms with Gasteiger partial charge in [-0.25, -0.2) is 4.79 Å². The molecule has 0 aromatic carbocycles. The van der Waals surface area contributed by atoms with Crippen molar-refractivity contribution in [2.45, 2.75) is 50.6 Å². The molecule has 2 amide bonds. The molecule has 0 spiro atoms. The van der Waals surface area contributed by atoms with Gasteiger partial charge in [0.05, 0.1) is 6.42 Å². The van der Waals surface area contributed by atoms with Crippen molar-refractivity contribution in [1.82, 2.24) is 14.7 Å². The maximum atomic E-state index is 12.8. The molecule has 0 aromatic rings. The van der Waals surface area contributed by atoms with Gasteiger partial charge in [0.25, 0.3) is 0 Å². The van der Waals surface area contributed by atoms with Crippen LogP contribution in [0.25, 0.3) is 0 Å². The van der Waals surface area contributed by atoms with E-state index in [2.05, 4.69) is 4.90 Å². The Morgan fingerprint density at radius 3 is 2.57 bits per heavy atom. The number of carboxylic acids is 1. The van der Waals surface area contributed by atoms with Crippen LogP contribution in [0.2, 0.25) is 0 Å². The molecule has 2 atom stereocenters. The Balaban J connectivity index is 2.00. The molecule has 120 valence electrons. The molecule has 0 bridgehead atoms. The molecule has 2 heterocycles. The van der Waals surface area contributed by atoms with Crippen molar-refractivity contribution in [3.05, 3.63) is 0 Å². The van der Waals surface area contributed by atoms with Gasteiger partial charge < -0.3 is 19.8 Å². The Kier molecular flexibility index (Phi) is 5.45. The highest BCUT2D eigenvalue weighted by Gasteiger charge is 2.33. The van der Waals surface area contributed by atoms with Crippen LogP contribution in [0.1, 0.15) is 38.5 Å². The van der Waals surface area contributed by atoms with Crippen molar-refractivity contribution in [1.29, 1.82) is 0 Å². The van der Waals surface area contributed by atoms with E-state index in [0.29, 0.717) is 12.6 Å². The topological polar surface area (TPSA) is 64.1 Å². The first kappa shape index (κ1) is 16.1. The molecule has 2 aliphatic rings. The number of piperidine rings is 2. The number of rotatable bonds is 3. The van der Waals surface area contributed by atoms with Crippen molar-refractivity contribution in [3.63, 3.8) is 0 Å². The summed E-state index contributed by atoms with van der Waals surface area (Å²) in [6.07, 6.45) is 5.01. The van der Waals surface area contributed by atoms with Crippen molar-refractivity contribution >= 4 is 12.0 Å². The summed E-state index contributed by atoms with van der Waals surface area (Å²) < 4.78 is 0. The fourth-order valence-electron chi connectivity index (χ4n) is 3.40. The molecule has 0 aromatic heterocycles. The summed E-state index contributed by atoms with van der Waals surface area (Å²) in [7, 11) is 4.10. The lowest BCUT2D eigenvalue weighted by Gasteiger charge is -2.42. The Labute approximate surface area is 126 Å². The average Bonchev–Trinajstić information content (AvgIpc) is 2.46. The quantitative estimate of drug-likeness (QED) is 0.856. The third-order valence-electron chi connectivity index (χ3n) is 4.68. The molecular formula is C15H27N3O3. The second-order valence-corrected chi connectivity index (χ2v) is 6.43. The SMILES string of the molecule is CN(C)C1CCCN(C(=O)N2CCCCC2CC(=O)O)C1. The summed E-state index contributed by atoms with van der Waals surface area (Å²) in [5.74, 6) is -0.815. The highest BCUT2D eigenvalue weighted by molar-refractivity contribution is 5.76. The Morgan fingerprint density at radius 1 is 1.14 bits per heavy atom. The summed E-state index contributed by atoms with van der Waals surface area (Å²) in [5.41, 5.74) is 0. The van der Waals surface area contributed by atoms with Crippen molar-refractivity contribution in [3.8, 4) is 0 Å². The van der Waals surface area contributed by atoms with Crippen molar-refractivity contribution < 1.29 is 14.7 Å². The average molecular weight is 297 g/mol. The minimum Gasteiger partial charge on any atom is -0.481 e. The van der Waals surface area contributed by atoms with Crippen LogP contribution in [0.3, 0.4) is 0 Å². The van der Waals surface area contributed by atoms with Crippen LogP contribution in [0.15, 0.2) is 0 Å². The van der Waals surface area contributed by atoms with Crippen LogP contribution in [0, 0.1) is 0 Å². The Hall–Kier alpha value is -1.30. The minimum atomic E-state index is -0.815. The number of hydrogen-bond donors (Lipinski definition) is 1. The number of carboxylic acid groups (broad SMARTS) is 1. The zero-order valence-electron chi connectivity index (χ0n) is 13.1. The highest BCUT2D eigenvalue weighted by atomic mass is 16.4. The first-order chi connectivity index (χ1) is 9.99. The lowest BCUT2D eigenvalue weighted by molar-refractivity contribution is -0.138. The van der Waals surface area contributed by atoms with Crippen LogP contribution < -0.4 is 0 Å². The molecule has 21 heavy (non-hydrogen) atoms. The number of hydrogen-bond acceptors (Lipinski definition) is 3. The number of amides is 2. The van der Waals surface area contributed by atoms with Crippen LogP contribution in [0.5, 0.6) is 0 Å². The molecule has 0 radical (unpaired) electrons. The first-order valence-electron chi connectivity index (χ1n) is 7.93. The Bertz CT molecular complexity index is 386. The van der Waals surface area contributed by atoms with Gasteiger partial charge in [0.15, 0.2) is 0 Å². The van der Waals surface area contributed by atoms with E-state index in [1.807, 2.05) is 19.0 Å². The molecule has 2 saturated heterocycles. The Morgan fingerprint density at radius 2 is 1.90 bits per heavy atom. The molecule has 2 rings (SSSR count). The van der Waals surface area contributed by atoms with Crippen LogP contribution in [-0.2, 0) is 4.79 Å². The van der Waals surface area contributed by atoms with Crippen molar-refractivity contribution in [2.75, 3.05) is 33.7 Å². The molecule has 6 nitrogen and oxygen atoms in total. The monoisotopic (exact) mass is 297 g/mol.